The minimum absolute atomic E-state index is 0.0839. The number of furan rings is 1. The largest absolute Gasteiger partial charge is 0.453 e. The van der Waals surface area contributed by atoms with Gasteiger partial charge in [0.25, 0.3) is 5.56 Å². The molecule has 0 aliphatic carbocycles. The molecule has 3 rings (SSSR count). The molecule has 0 saturated heterocycles. The van der Waals surface area contributed by atoms with Crippen LogP contribution in [0.2, 0.25) is 0 Å². The first kappa shape index (κ1) is 14.5. The Bertz CT molecular complexity index is 913. The van der Waals surface area contributed by atoms with Gasteiger partial charge in [0.05, 0.1) is 5.69 Å². The molecule has 3 heterocycles. The van der Waals surface area contributed by atoms with Gasteiger partial charge in [-0.15, -0.1) is 0 Å². The summed E-state index contributed by atoms with van der Waals surface area (Å²) in [4.78, 5) is 28.2. The van der Waals surface area contributed by atoms with Gasteiger partial charge in [-0.3, -0.25) is 9.20 Å². The van der Waals surface area contributed by atoms with E-state index in [-0.39, 0.29) is 17.9 Å². The van der Waals surface area contributed by atoms with Crippen LogP contribution in [0, 0.1) is 6.92 Å². The van der Waals surface area contributed by atoms with Gasteiger partial charge in [0.2, 0.25) is 5.76 Å². The van der Waals surface area contributed by atoms with Crippen molar-refractivity contribution < 1.29 is 13.9 Å². The van der Waals surface area contributed by atoms with E-state index >= 15 is 0 Å². The van der Waals surface area contributed by atoms with Gasteiger partial charge in [0.1, 0.15) is 12.3 Å². The monoisotopic (exact) mass is 362 g/mol. The lowest BCUT2D eigenvalue weighted by Crippen LogP contribution is -2.17. The lowest BCUT2D eigenvalue weighted by Gasteiger charge is -2.06. The number of carbonyl (C=O) groups excluding carboxylic acids is 1. The van der Waals surface area contributed by atoms with Crippen molar-refractivity contribution in [2.24, 2.45) is 0 Å². The van der Waals surface area contributed by atoms with E-state index in [1.54, 1.807) is 18.3 Å². The summed E-state index contributed by atoms with van der Waals surface area (Å²) in [6, 6.07) is 8.08. The molecule has 0 aromatic carbocycles. The van der Waals surface area contributed by atoms with Gasteiger partial charge >= 0.3 is 5.97 Å². The summed E-state index contributed by atoms with van der Waals surface area (Å²) in [7, 11) is 0. The van der Waals surface area contributed by atoms with Crippen molar-refractivity contribution >= 4 is 27.5 Å². The lowest BCUT2D eigenvalue weighted by atomic mass is 10.3. The highest BCUT2D eigenvalue weighted by Gasteiger charge is 2.13. The van der Waals surface area contributed by atoms with Gasteiger partial charge in [-0.25, -0.2) is 9.78 Å². The van der Waals surface area contributed by atoms with Crippen molar-refractivity contribution in [3.63, 3.8) is 0 Å². The molecule has 0 aliphatic heterocycles. The zero-order valence-electron chi connectivity index (χ0n) is 11.6. The SMILES string of the molecule is Cc1cccn2c(=O)cc(COC(=O)c3ccc(Br)o3)nc12. The van der Waals surface area contributed by atoms with Crippen LogP contribution in [0.1, 0.15) is 21.8 Å². The number of aryl methyl sites for hydroxylation is 1. The van der Waals surface area contributed by atoms with Crippen molar-refractivity contribution in [3.05, 3.63) is 68.6 Å². The normalized spacial score (nSPS) is 10.8. The van der Waals surface area contributed by atoms with E-state index in [2.05, 4.69) is 20.9 Å². The zero-order valence-corrected chi connectivity index (χ0v) is 13.2. The van der Waals surface area contributed by atoms with Crippen LogP contribution < -0.4 is 5.56 Å². The van der Waals surface area contributed by atoms with Gasteiger partial charge in [-0.05, 0) is 46.6 Å². The number of hydrogen-bond acceptors (Lipinski definition) is 5. The highest BCUT2D eigenvalue weighted by atomic mass is 79.9. The molecule has 0 unspecified atom stereocenters. The smallest absolute Gasteiger partial charge is 0.374 e. The molecule has 0 radical (unpaired) electrons. The quantitative estimate of drug-likeness (QED) is 0.669. The number of aromatic nitrogens is 2. The van der Waals surface area contributed by atoms with Crippen LogP contribution in [0.4, 0.5) is 0 Å². The highest BCUT2D eigenvalue weighted by Crippen LogP contribution is 2.15. The predicted octanol–water partition coefficient (Wildman–Crippen LogP) is 2.72. The minimum Gasteiger partial charge on any atom is -0.453 e. The van der Waals surface area contributed by atoms with E-state index in [1.807, 2.05) is 13.0 Å². The number of fused-ring (bicyclic) bond motifs is 1. The lowest BCUT2D eigenvalue weighted by molar-refractivity contribution is 0.0429. The summed E-state index contributed by atoms with van der Waals surface area (Å²) in [6.07, 6.45) is 1.65. The van der Waals surface area contributed by atoms with Crippen molar-refractivity contribution in [1.29, 1.82) is 0 Å². The van der Waals surface area contributed by atoms with Crippen LogP contribution in [0.15, 0.2) is 50.4 Å². The van der Waals surface area contributed by atoms with Crippen molar-refractivity contribution in [2.45, 2.75) is 13.5 Å². The number of carbonyl (C=O) groups is 1. The molecular formula is C15H11BrN2O4. The molecule has 0 fully saturated rings. The summed E-state index contributed by atoms with van der Waals surface area (Å²) in [5.74, 6) is -0.530. The van der Waals surface area contributed by atoms with Crippen LogP contribution >= 0.6 is 15.9 Å². The number of rotatable bonds is 3. The van der Waals surface area contributed by atoms with Gasteiger partial charge in [0.15, 0.2) is 4.67 Å². The molecule has 3 aromatic rings. The first-order chi connectivity index (χ1) is 10.5. The van der Waals surface area contributed by atoms with Gasteiger partial charge in [-0.2, -0.15) is 0 Å². The standard InChI is InChI=1S/C15H11BrN2O4/c1-9-3-2-6-18-13(19)7-10(17-14(9)18)8-21-15(20)11-4-5-12(16)22-11/h2-7H,8H2,1H3. The molecule has 112 valence electrons. The van der Waals surface area contributed by atoms with E-state index in [4.69, 9.17) is 9.15 Å². The van der Waals surface area contributed by atoms with Gasteiger partial charge in [-0.1, -0.05) is 6.07 Å². The fourth-order valence-corrected chi connectivity index (χ4v) is 2.32. The Balaban J connectivity index is 1.84. The molecule has 0 N–H and O–H groups in total. The fourth-order valence-electron chi connectivity index (χ4n) is 2.02. The Morgan fingerprint density at radius 2 is 2.23 bits per heavy atom. The maximum absolute atomic E-state index is 12.0. The van der Waals surface area contributed by atoms with Crippen LogP contribution in [0.5, 0.6) is 0 Å². The molecule has 6 nitrogen and oxygen atoms in total. The Labute approximate surface area is 133 Å². The second kappa shape index (κ2) is 5.76. The van der Waals surface area contributed by atoms with Gasteiger partial charge in [0, 0.05) is 12.3 Å². The molecule has 3 aromatic heterocycles. The fraction of sp³-hybridized carbons (Fsp3) is 0.133. The number of hydrogen-bond donors (Lipinski definition) is 0. The van der Waals surface area contributed by atoms with E-state index in [1.165, 1.54) is 16.5 Å². The van der Waals surface area contributed by atoms with Crippen LogP contribution in [-0.2, 0) is 11.3 Å². The second-order valence-corrected chi connectivity index (χ2v) is 5.43. The topological polar surface area (TPSA) is 73.8 Å². The molecule has 0 spiro atoms. The maximum atomic E-state index is 12.0. The third-order valence-corrected chi connectivity index (χ3v) is 3.49. The molecule has 22 heavy (non-hydrogen) atoms. The first-order valence-electron chi connectivity index (χ1n) is 6.45. The van der Waals surface area contributed by atoms with E-state index in [9.17, 15) is 9.59 Å². The third-order valence-electron chi connectivity index (χ3n) is 3.06. The summed E-state index contributed by atoms with van der Waals surface area (Å²) in [6.45, 7) is 1.76. The minimum atomic E-state index is -0.613. The van der Waals surface area contributed by atoms with E-state index in [0.29, 0.717) is 16.0 Å². The molecule has 0 bridgehead atoms. The molecule has 0 amide bonds. The molecule has 0 aliphatic rings. The van der Waals surface area contributed by atoms with E-state index in [0.717, 1.165) is 5.56 Å². The maximum Gasteiger partial charge on any atom is 0.374 e. The number of pyridine rings is 1. The van der Waals surface area contributed by atoms with Crippen LogP contribution in [0.3, 0.4) is 0 Å². The predicted molar refractivity (Wildman–Crippen MR) is 81.7 cm³/mol. The number of ether oxygens (including phenoxy) is 1. The number of esters is 1. The van der Waals surface area contributed by atoms with Crippen LogP contribution in [0.25, 0.3) is 5.65 Å². The Kier molecular flexibility index (Phi) is 3.81. The Morgan fingerprint density at radius 3 is 2.95 bits per heavy atom. The summed E-state index contributed by atoms with van der Waals surface area (Å²) in [5.41, 5.74) is 1.57. The Hall–Kier alpha value is -2.41. The molecule has 0 saturated carbocycles. The van der Waals surface area contributed by atoms with E-state index < -0.39 is 5.97 Å². The van der Waals surface area contributed by atoms with Gasteiger partial charge < -0.3 is 9.15 Å². The van der Waals surface area contributed by atoms with Crippen LogP contribution in [-0.4, -0.2) is 15.4 Å². The van der Waals surface area contributed by atoms with Crippen molar-refractivity contribution in [3.8, 4) is 0 Å². The number of nitrogens with zero attached hydrogens (tertiary/aromatic N) is 2. The molecular weight excluding hydrogens is 352 g/mol. The van der Waals surface area contributed by atoms with Crippen molar-refractivity contribution in [1.82, 2.24) is 9.38 Å². The summed E-state index contributed by atoms with van der Waals surface area (Å²) < 4.78 is 12.1. The zero-order chi connectivity index (χ0) is 15.7. The second-order valence-electron chi connectivity index (χ2n) is 4.65. The Morgan fingerprint density at radius 1 is 1.41 bits per heavy atom. The van der Waals surface area contributed by atoms with Crippen molar-refractivity contribution in [2.75, 3.05) is 0 Å². The molecule has 7 heteroatoms. The number of halogens is 1. The average molecular weight is 363 g/mol. The molecule has 0 atom stereocenters. The summed E-state index contributed by atoms with van der Waals surface area (Å²) in [5, 5.41) is 0. The highest BCUT2D eigenvalue weighted by molar-refractivity contribution is 9.10. The average Bonchev–Trinajstić information content (AvgIpc) is 2.93. The summed E-state index contributed by atoms with van der Waals surface area (Å²) >= 11 is 3.11. The first-order valence-corrected chi connectivity index (χ1v) is 7.24. The third kappa shape index (κ3) is 2.80.